The number of aliphatic hydroxyl groups is 3. The van der Waals surface area contributed by atoms with E-state index in [2.05, 4.69) is 73.0 Å². The number of carbonyl (C=O) groups is 2. The van der Waals surface area contributed by atoms with E-state index in [1.165, 1.54) is 21.3 Å². The highest BCUT2D eigenvalue weighted by Crippen LogP contribution is 2.55. The molecule has 6 rings (SSSR count). The monoisotopic (exact) mass is 1480 g/mol. The van der Waals surface area contributed by atoms with Gasteiger partial charge in [0.1, 0.15) is 79.4 Å². The quantitative estimate of drug-likeness (QED) is 0.0168. The summed E-state index contributed by atoms with van der Waals surface area (Å²) in [6, 6.07) is 1.95. The summed E-state index contributed by atoms with van der Waals surface area (Å²) in [7, 11) is -13.2. The molecule has 24 atom stereocenters. The van der Waals surface area contributed by atoms with E-state index in [1.807, 2.05) is 33.8 Å². The number of esters is 1. The average molecular weight is 1480 g/mol. The van der Waals surface area contributed by atoms with Crippen molar-refractivity contribution in [2.24, 2.45) is 0 Å². The lowest BCUT2D eigenvalue weighted by Gasteiger charge is -2.40. The summed E-state index contributed by atoms with van der Waals surface area (Å²) in [6.07, 6.45) is -11.8. The Bertz CT molecular complexity index is 2570. The van der Waals surface area contributed by atoms with Crippen LogP contribution in [-0.2, 0) is 111 Å². The molecule has 0 saturated carbocycles. The molecule has 0 aliphatic carbocycles. The molecule has 0 radical (unpaired) electrons. The summed E-state index contributed by atoms with van der Waals surface area (Å²) in [4.78, 5) is 44.4. The third kappa shape index (κ3) is 26.7. The third-order valence-electron chi connectivity index (χ3n) is 18.0. The van der Waals surface area contributed by atoms with E-state index in [1.54, 1.807) is 20.8 Å². The van der Waals surface area contributed by atoms with Gasteiger partial charge in [0.15, 0.2) is 16.6 Å². The average Bonchev–Trinajstić information content (AvgIpc) is 1.60. The number of methoxy groups -OCH3 is 3. The zero-order valence-corrected chi connectivity index (χ0v) is 64.5. The number of hydrogen-bond donors (Lipinski definition) is 6. The van der Waals surface area contributed by atoms with Gasteiger partial charge in [0, 0.05) is 53.6 Å². The fraction of sp³-hybridized carbons (Fsp3) is 0.950. The summed E-state index contributed by atoms with van der Waals surface area (Å²) in [6.45, 7) is 33.7. The van der Waals surface area contributed by atoms with Crippen molar-refractivity contribution in [2.75, 3.05) is 74.1 Å². The van der Waals surface area contributed by atoms with Crippen molar-refractivity contribution in [3.63, 3.8) is 0 Å². The molecule has 6 aliphatic rings. The van der Waals surface area contributed by atoms with Gasteiger partial charge in [-0.2, -0.15) is 5.26 Å². The molecule has 0 bridgehead atoms. The molecule has 1 amide bonds. The first kappa shape index (κ1) is 87.0. The molecule has 562 valence electrons. The lowest BCUT2D eigenvalue weighted by Crippen LogP contribution is -2.49. The number of ether oxygens (including phenoxy) is 10. The van der Waals surface area contributed by atoms with Crippen molar-refractivity contribution >= 4 is 52.0 Å². The maximum atomic E-state index is 14.1. The molecule has 6 N–H and O–H groups in total. The number of phosphoric ester groups is 3. The minimum atomic E-state index is -4.46. The number of nitriles is 1. The van der Waals surface area contributed by atoms with Gasteiger partial charge < -0.3 is 86.6 Å². The van der Waals surface area contributed by atoms with Crippen LogP contribution in [0.2, 0.25) is 36.3 Å². The molecule has 0 aromatic heterocycles. The molecule has 36 heteroatoms. The molecule has 96 heavy (non-hydrogen) atoms. The fourth-order valence-corrected chi connectivity index (χ4v) is 16.8. The van der Waals surface area contributed by atoms with Gasteiger partial charge in [-0.1, -0.05) is 41.5 Å². The largest absolute Gasteiger partial charge is 0.475 e. The molecular weight excluding hydrogens is 1360 g/mol. The molecular formula is C60H115N2O29P3Si2. The molecule has 0 aromatic carbocycles. The third-order valence-corrected chi connectivity index (χ3v) is 30.4. The van der Waals surface area contributed by atoms with E-state index in [0.717, 1.165) is 0 Å². The number of nitrogens with one attached hydrogen (secondary N) is 1. The highest BCUT2D eigenvalue weighted by Gasteiger charge is 2.55. The molecule has 6 saturated heterocycles. The lowest BCUT2D eigenvalue weighted by atomic mass is 10.1. The predicted molar refractivity (Wildman–Crippen MR) is 351 cm³/mol. The molecule has 6 heterocycles. The van der Waals surface area contributed by atoms with E-state index in [0.29, 0.717) is 25.8 Å². The SMILES string of the molecule is CCNC(=O)CCC(=O)O[C@@H]1C[C@H](C)O[C@@H]1COP(=O)(OCCC#N)O[C@@H]1C(O[Si](C)(C)C(C)(C)C)[C@H](C)O[C@@H]1COC.COC[C@H]1O[C@@H](C)C(O)[C@H]1OP(=O)(O)OC[C@H]1O[C@@H](C)C[C@H]1O.COC[C@H]1O[C@@H](C)C(O[Si](C)(C)C(C)(C)C)[C@H]1OP(=O)(O)OC[C@H]1O[C@@H](C)C[C@H]1O. The summed E-state index contributed by atoms with van der Waals surface area (Å²) in [5.74, 6) is -0.787. The van der Waals surface area contributed by atoms with Crippen molar-refractivity contribution in [2.45, 2.75) is 293 Å². The molecule has 0 aromatic rings. The van der Waals surface area contributed by atoms with Crippen LogP contribution in [0.5, 0.6) is 0 Å². The van der Waals surface area contributed by atoms with Crippen LogP contribution < -0.4 is 5.32 Å². The van der Waals surface area contributed by atoms with Crippen LogP contribution in [0, 0.1) is 11.3 Å². The van der Waals surface area contributed by atoms with Crippen LogP contribution in [-0.4, -0.2) is 256 Å². The van der Waals surface area contributed by atoms with Crippen molar-refractivity contribution in [3.05, 3.63) is 0 Å². The molecule has 31 nitrogen and oxygen atoms in total. The van der Waals surface area contributed by atoms with Gasteiger partial charge in [0.2, 0.25) is 5.91 Å². The summed E-state index contributed by atoms with van der Waals surface area (Å²) < 4.78 is 146. The number of aliphatic hydroxyl groups excluding tert-OH is 3. The molecule has 0 spiro atoms. The number of hydrogen-bond acceptors (Lipinski definition) is 28. The van der Waals surface area contributed by atoms with Crippen LogP contribution in [0.4, 0.5) is 0 Å². The zero-order valence-electron chi connectivity index (χ0n) is 59.8. The Kier molecular flexibility index (Phi) is 34.8. The first-order valence-electron chi connectivity index (χ1n) is 33.0. The Labute approximate surface area is 569 Å². The maximum absolute atomic E-state index is 14.1. The summed E-state index contributed by atoms with van der Waals surface area (Å²) in [5, 5.41) is 41.2. The first-order chi connectivity index (χ1) is 44.4. The van der Waals surface area contributed by atoms with E-state index in [9.17, 15) is 48.4 Å². The summed E-state index contributed by atoms with van der Waals surface area (Å²) >= 11 is 0. The van der Waals surface area contributed by atoms with Crippen molar-refractivity contribution in [1.82, 2.24) is 5.32 Å². The van der Waals surface area contributed by atoms with Crippen LogP contribution in [0.1, 0.15) is 129 Å². The van der Waals surface area contributed by atoms with Crippen molar-refractivity contribution in [1.29, 1.82) is 5.26 Å². The number of phosphoric acid groups is 3. The van der Waals surface area contributed by atoms with Crippen molar-refractivity contribution < 1.29 is 136 Å². The van der Waals surface area contributed by atoms with Gasteiger partial charge in [-0.25, -0.2) is 13.7 Å². The smallest absolute Gasteiger partial charge is 0.459 e. The zero-order chi connectivity index (χ0) is 72.5. The van der Waals surface area contributed by atoms with Crippen LogP contribution in [0.15, 0.2) is 0 Å². The van der Waals surface area contributed by atoms with E-state index < -0.39 is 150 Å². The molecule has 6 unspecified atom stereocenters. The second kappa shape index (κ2) is 38.4. The lowest BCUT2D eigenvalue weighted by molar-refractivity contribution is -0.153. The second-order valence-electron chi connectivity index (χ2n) is 28.2. The second-order valence-corrected chi connectivity index (χ2v) is 42.1. The van der Waals surface area contributed by atoms with Gasteiger partial charge in [-0.05, 0) is 84.7 Å². The fourth-order valence-electron chi connectivity index (χ4n) is 10.8. The summed E-state index contributed by atoms with van der Waals surface area (Å²) in [5.41, 5.74) is 0. The Balaban J connectivity index is 0.000000322. The topological polar surface area (TPSA) is 398 Å². The van der Waals surface area contributed by atoms with E-state index in [-0.39, 0.29) is 106 Å². The van der Waals surface area contributed by atoms with Gasteiger partial charge in [-0.15, -0.1) is 0 Å². The van der Waals surface area contributed by atoms with Crippen LogP contribution >= 0.6 is 23.5 Å². The van der Waals surface area contributed by atoms with E-state index in [4.69, 9.17) is 93.1 Å². The van der Waals surface area contributed by atoms with Crippen molar-refractivity contribution in [3.8, 4) is 6.07 Å². The number of rotatable bonds is 33. The molecule has 6 aliphatic heterocycles. The Morgan fingerprint density at radius 1 is 0.542 bits per heavy atom. The van der Waals surface area contributed by atoms with Gasteiger partial charge in [0.25, 0.3) is 0 Å². The van der Waals surface area contributed by atoms with E-state index >= 15 is 0 Å². The van der Waals surface area contributed by atoms with Gasteiger partial charge in [-0.3, -0.25) is 41.3 Å². The molecule has 6 fully saturated rings. The standard InChI is InChI=1S/C28H51N2O11PSi.C19H39O9PSi.C13H25O9P/c1-10-30-24(31)12-13-25(32)39-21-16-19(2)37-22(21)18-36-42(33,35-15-11-14-29)40-27-23(17-34-7)38-20(3)26(27)41-43(8,9)28(4,5)6;1-12-9-14(20)15(25-12)11-24-29(21,22)27-18-16(10-23-6)26-13(2)17(18)28-30(7,8)19(3,4)5;1-7-4-9(14)10(20-7)6-19-23(16,17)22-13-11(5-18-3)21-8(2)12(13)15/h19-23,26-27H,10-13,15-18H2,1-9H3,(H,30,31);12-18,20H,9-11H2,1-8H3,(H,21,22);7-15H,4-6H2,1-3H3,(H,16,17)/t19-,20-,21+,22+,23+,26?,27-,42?;12-,13-,14+,15+,16+,17?,18-;7-,8-,9+,10+,11+,12?,13-/m000/s1. The van der Waals surface area contributed by atoms with Gasteiger partial charge >= 0.3 is 29.4 Å². The number of nitrogens with zero attached hydrogens (tertiary/aromatic N) is 1. The Morgan fingerprint density at radius 3 is 1.36 bits per heavy atom. The Hall–Kier alpha value is -1.37. The number of amides is 1. The highest BCUT2D eigenvalue weighted by atomic mass is 31.2. The maximum Gasteiger partial charge on any atom is 0.475 e. The predicted octanol–water partition coefficient (Wildman–Crippen LogP) is 6.93. The minimum absolute atomic E-state index is 0.00931. The van der Waals surface area contributed by atoms with Gasteiger partial charge in [0.05, 0.1) is 114 Å². The van der Waals surface area contributed by atoms with Crippen LogP contribution in [0.25, 0.3) is 0 Å². The number of carbonyl (C=O) groups excluding carboxylic acids is 2. The highest BCUT2D eigenvalue weighted by molar-refractivity contribution is 7.48. The van der Waals surface area contributed by atoms with Crippen LogP contribution in [0.3, 0.4) is 0 Å². The first-order valence-corrected chi connectivity index (χ1v) is 43.2. The normalized spacial score (nSPS) is 35.2. The Morgan fingerprint density at radius 2 is 0.948 bits per heavy atom. The minimum Gasteiger partial charge on any atom is -0.459 e.